The molecule has 1 aliphatic rings. The summed E-state index contributed by atoms with van der Waals surface area (Å²) in [6.45, 7) is 4.32. The molecular formula is C81H149NO10. The fourth-order valence-corrected chi connectivity index (χ4v) is 12.4. The maximum absolute atomic E-state index is 13.1. The van der Waals surface area contributed by atoms with Crippen molar-refractivity contribution in [1.82, 2.24) is 5.32 Å². The molecule has 11 nitrogen and oxygen atoms in total. The van der Waals surface area contributed by atoms with Gasteiger partial charge in [0.25, 0.3) is 0 Å². The van der Waals surface area contributed by atoms with Crippen LogP contribution < -0.4 is 5.32 Å². The zero-order chi connectivity index (χ0) is 66.5. The number of esters is 1. The molecule has 92 heavy (non-hydrogen) atoms. The number of hydrogen-bond donors (Lipinski definition) is 6. The number of aliphatic hydroxyl groups is 5. The Balaban J connectivity index is 1.90. The highest BCUT2D eigenvalue weighted by Gasteiger charge is 2.44. The molecule has 11 heteroatoms. The molecule has 1 saturated heterocycles. The molecule has 1 aliphatic heterocycles. The number of rotatable bonds is 70. The maximum atomic E-state index is 13.1. The fourth-order valence-electron chi connectivity index (χ4n) is 12.4. The van der Waals surface area contributed by atoms with Gasteiger partial charge in [-0.15, -0.1) is 0 Å². The number of ether oxygens (including phenoxy) is 3. The van der Waals surface area contributed by atoms with E-state index in [1.165, 1.54) is 283 Å². The van der Waals surface area contributed by atoms with Gasteiger partial charge in [0.15, 0.2) is 6.29 Å². The van der Waals surface area contributed by atoms with Crippen LogP contribution in [0, 0.1) is 0 Å². The minimum Gasteiger partial charge on any atom is -0.466 e. The number of carbonyl (C=O) groups is 2. The highest BCUT2D eigenvalue weighted by atomic mass is 16.7. The monoisotopic (exact) mass is 1300 g/mol. The summed E-state index contributed by atoms with van der Waals surface area (Å²) in [5, 5.41) is 54.4. The second-order valence-corrected chi connectivity index (χ2v) is 27.4. The minimum absolute atomic E-state index is 0.0161. The second-order valence-electron chi connectivity index (χ2n) is 27.4. The molecule has 0 aromatic rings. The predicted octanol–water partition coefficient (Wildman–Crippen LogP) is 21.2. The Morgan fingerprint density at radius 3 is 1.17 bits per heavy atom. The van der Waals surface area contributed by atoms with Crippen molar-refractivity contribution < 1.29 is 49.3 Å². The highest BCUT2D eigenvalue weighted by Crippen LogP contribution is 2.24. The smallest absolute Gasteiger partial charge is 0.305 e. The summed E-state index contributed by atoms with van der Waals surface area (Å²) in [5.41, 5.74) is 0. The van der Waals surface area contributed by atoms with Crippen LogP contribution in [-0.4, -0.2) is 100 Å². The van der Waals surface area contributed by atoms with Crippen molar-refractivity contribution in [2.24, 2.45) is 0 Å². The summed E-state index contributed by atoms with van der Waals surface area (Å²) in [7, 11) is 0. The van der Waals surface area contributed by atoms with Crippen molar-refractivity contribution in [2.75, 3.05) is 19.8 Å². The summed E-state index contributed by atoms with van der Waals surface area (Å²) in [4.78, 5) is 25.1. The first-order valence-electron chi connectivity index (χ1n) is 39.6. The van der Waals surface area contributed by atoms with E-state index in [0.29, 0.717) is 19.4 Å². The standard InChI is InChI=1S/C81H149NO10/c1-3-5-7-9-11-13-15-44-49-53-57-61-65-69-77(86)90-70-66-62-58-54-50-46-43-41-39-37-35-33-31-29-27-25-23-21-19-17-18-20-22-24-26-28-30-32-34-36-38-40-42-45-48-52-56-60-64-68-76(85)82-73(72-91-81-80(89)79(88)78(87)75(71-83)92-81)74(84)67-63-59-55-51-47-16-14-12-10-8-6-4-2/h10,12,17-18,21,23,47,51,63,67,73-75,78-81,83-84,87-89H,3-9,11,13-16,19-20,22,24-46,48-50,52-62,64-66,68-72H2,1-2H3,(H,82,85)/b12-10+,18-17-,23-21-,51-47+,67-63+. The summed E-state index contributed by atoms with van der Waals surface area (Å²) < 4.78 is 16.7. The van der Waals surface area contributed by atoms with Gasteiger partial charge in [-0.2, -0.15) is 0 Å². The first-order chi connectivity index (χ1) is 45.2. The molecule has 1 fully saturated rings. The average molecular weight is 1300 g/mol. The fraction of sp³-hybridized carbons (Fsp3) is 0.852. The van der Waals surface area contributed by atoms with Gasteiger partial charge in [0.05, 0.1) is 32.0 Å². The van der Waals surface area contributed by atoms with Gasteiger partial charge >= 0.3 is 5.97 Å². The third-order valence-electron chi connectivity index (χ3n) is 18.6. The molecule has 0 saturated carbocycles. The van der Waals surface area contributed by atoms with Crippen LogP contribution in [0.5, 0.6) is 0 Å². The first-order valence-corrected chi connectivity index (χ1v) is 39.6. The van der Waals surface area contributed by atoms with Crippen molar-refractivity contribution in [1.29, 1.82) is 0 Å². The van der Waals surface area contributed by atoms with Crippen LogP contribution in [0.2, 0.25) is 0 Å². The van der Waals surface area contributed by atoms with Crippen LogP contribution >= 0.6 is 0 Å². The van der Waals surface area contributed by atoms with E-state index in [1.807, 2.05) is 6.08 Å². The second kappa shape index (κ2) is 69.7. The number of allylic oxidation sites excluding steroid dienone is 9. The summed E-state index contributed by atoms with van der Waals surface area (Å²) in [6.07, 6.45) is 84.1. The molecule has 0 radical (unpaired) electrons. The molecule has 7 unspecified atom stereocenters. The lowest BCUT2D eigenvalue weighted by Crippen LogP contribution is -2.60. The van der Waals surface area contributed by atoms with Gasteiger partial charge in [0.1, 0.15) is 24.4 Å². The van der Waals surface area contributed by atoms with Crippen LogP contribution in [0.4, 0.5) is 0 Å². The third-order valence-corrected chi connectivity index (χ3v) is 18.6. The van der Waals surface area contributed by atoms with Crippen molar-refractivity contribution in [3.05, 3.63) is 60.8 Å². The lowest BCUT2D eigenvalue weighted by molar-refractivity contribution is -0.302. The zero-order valence-electron chi connectivity index (χ0n) is 60.0. The van der Waals surface area contributed by atoms with E-state index in [9.17, 15) is 35.1 Å². The molecule has 0 bridgehead atoms. The van der Waals surface area contributed by atoms with Crippen LogP contribution in [0.25, 0.3) is 0 Å². The van der Waals surface area contributed by atoms with Crippen LogP contribution in [0.3, 0.4) is 0 Å². The van der Waals surface area contributed by atoms with Gasteiger partial charge in [-0.05, 0) is 83.5 Å². The Kier molecular flexibility index (Phi) is 66.2. The van der Waals surface area contributed by atoms with Crippen molar-refractivity contribution in [3.8, 4) is 0 Å². The quantitative estimate of drug-likeness (QED) is 0.0195. The largest absolute Gasteiger partial charge is 0.466 e. The van der Waals surface area contributed by atoms with Gasteiger partial charge in [0.2, 0.25) is 5.91 Å². The van der Waals surface area contributed by atoms with Crippen LogP contribution in [0.1, 0.15) is 380 Å². The Morgan fingerprint density at radius 1 is 0.402 bits per heavy atom. The molecule has 6 N–H and O–H groups in total. The number of carbonyl (C=O) groups excluding carboxylic acids is 2. The molecule has 1 heterocycles. The molecule has 0 aliphatic carbocycles. The zero-order valence-corrected chi connectivity index (χ0v) is 60.0. The van der Waals surface area contributed by atoms with Gasteiger partial charge < -0.3 is 45.1 Å². The first kappa shape index (κ1) is 87.4. The van der Waals surface area contributed by atoms with Crippen molar-refractivity contribution >= 4 is 11.9 Å². The Hall–Kier alpha value is -2.64. The lowest BCUT2D eigenvalue weighted by Gasteiger charge is -2.40. The third kappa shape index (κ3) is 57.6. The molecule has 1 amide bonds. The Bertz CT molecular complexity index is 1710. The summed E-state index contributed by atoms with van der Waals surface area (Å²) in [6, 6.07) is -0.833. The molecule has 0 spiro atoms. The SMILES string of the molecule is CCCC/C=C/CC/C=C/CC/C=C/C(O)C(COC1OC(CO)C(O)C(O)C1O)NC(=O)CCCCCCCCCCCCCCCCCCC/C=C\C/C=C\CCCCCCCCCCCCCCCCCOC(=O)CCCCCCCCCCCCCCC. The van der Waals surface area contributed by atoms with Gasteiger partial charge in [-0.1, -0.05) is 344 Å². The maximum Gasteiger partial charge on any atom is 0.305 e. The molecule has 0 aromatic heterocycles. The number of hydrogen-bond acceptors (Lipinski definition) is 10. The number of aliphatic hydroxyl groups excluding tert-OH is 5. The van der Waals surface area contributed by atoms with E-state index in [0.717, 1.165) is 70.6 Å². The van der Waals surface area contributed by atoms with Crippen LogP contribution in [-0.2, 0) is 23.8 Å². The minimum atomic E-state index is -1.58. The van der Waals surface area contributed by atoms with Crippen molar-refractivity contribution in [3.63, 3.8) is 0 Å². The van der Waals surface area contributed by atoms with E-state index in [1.54, 1.807) is 6.08 Å². The molecule has 7 atom stereocenters. The normalized spacial score (nSPS) is 17.8. The summed E-state index contributed by atoms with van der Waals surface area (Å²) in [5.74, 6) is -0.177. The van der Waals surface area contributed by atoms with E-state index in [4.69, 9.17) is 14.2 Å². The topological polar surface area (TPSA) is 175 Å². The predicted molar refractivity (Wildman–Crippen MR) is 389 cm³/mol. The van der Waals surface area contributed by atoms with Gasteiger partial charge in [0, 0.05) is 12.8 Å². The lowest BCUT2D eigenvalue weighted by atomic mass is 9.99. The number of nitrogens with one attached hydrogen (secondary N) is 1. The van der Waals surface area contributed by atoms with E-state index in [2.05, 4.69) is 67.8 Å². The molecule has 0 aromatic carbocycles. The van der Waals surface area contributed by atoms with Gasteiger partial charge in [-0.3, -0.25) is 9.59 Å². The van der Waals surface area contributed by atoms with Crippen LogP contribution in [0.15, 0.2) is 60.8 Å². The van der Waals surface area contributed by atoms with E-state index < -0.39 is 49.5 Å². The molecule has 538 valence electrons. The Morgan fingerprint density at radius 2 is 0.750 bits per heavy atom. The molecule has 1 rings (SSSR count). The average Bonchev–Trinajstić information content (AvgIpc) is 1.08. The van der Waals surface area contributed by atoms with Gasteiger partial charge in [-0.25, -0.2) is 0 Å². The van der Waals surface area contributed by atoms with Crippen molar-refractivity contribution in [2.45, 2.75) is 423 Å². The molecular weight excluding hydrogens is 1150 g/mol. The Labute approximate surface area is 567 Å². The van der Waals surface area contributed by atoms with E-state index >= 15 is 0 Å². The van der Waals surface area contributed by atoms with E-state index in [-0.39, 0.29) is 18.5 Å². The number of unbranched alkanes of at least 4 members (excludes halogenated alkanes) is 48. The number of amides is 1. The highest BCUT2D eigenvalue weighted by molar-refractivity contribution is 5.76. The summed E-state index contributed by atoms with van der Waals surface area (Å²) >= 11 is 0.